The molecular formula is C18H22BrNO5. The first-order chi connectivity index (χ1) is 12.1. The zero-order valence-electron chi connectivity index (χ0n) is 14.4. The minimum absolute atomic E-state index is 0.248. The Hall–Kier alpha value is -1.60. The third-order valence-electron chi connectivity index (χ3n) is 4.26. The second kappa shape index (κ2) is 8.19. The van der Waals surface area contributed by atoms with E-state index in [2.05, 4.69) is 21.1 Å². The van der Waals surface area contributed by atoms with Crippen molar-refractivity contribution in [1.29, 1.82) is 0 Å². The molecule has 2 aliphatic rings. The van der Waals surface area contributed by atoms with Crippen LogP contribution in [0.25, 0.3) is 0 Å². The van der Waals surface area contributed by atoms with Crippen molar-refractivity contribution in [2.75, 3.05) is 20.3 Å². The molecule has 1 fully saturated rings. The first kappa shape index (κ1) is 18.2. The van der Waals surface area contributed by atoms with Gasteiger partial charge >= 0.3 is 5.97 Å². The van der Waals surface area contributed by atoms with Crippen molar-refractivity contribution in [3.8, 4) is 5.75 Å². The molecule has 1 aromatic rings. The highest BCUT2D eigenvalue weighted by Crippen LogP contribution is 2.36. The first-order valence-corrected chi connectivity index (χ1v) is 9.27. The molecule has 0 radical (unpaired) electrons. The molecule has 0 aromatic heterocycles. The Morgan fingerprint density at radius 1 is 1.44 bits per heavy atom. The van der Waals surface area contributed by atoms with Crippen LogP contribution in [-0.4, -0.2) is 44.2 Å². The van der Waals surface area contributed by atoms with Crippen molar-refractivity contribution in [3.63, 3.8) is 0 Å². The van der Waals surface area contributed by atoms with Crippen molar-refractivity contribution in [2.24, 2.45) is 11.1 Å². The van der Waals surface area contributed by atoms with Gasteiger partial charge in [-0.3, -0.25) is 0 Å². The molecule has 1 aliphatic carbocycles. The lowest BCUT2D eigenvalue weighted by Crippen LogP contribution is -2.31. The van der Waals surface area contributed by atoms with Gasteiger partial charge < -0.3 is 19.0 Å². The maximum atomic E-state index is 12.1. The quantitative estimate of drug-likeness (QED) is 0.613. The van der Waals surface area contributed by atoms with E-state index in [-0.39, 0.29) is 12.1 Å². The number of halogens is 1. The van der Waals surface area contributed by atoms with Gasteiger partial charge in [0.05, 0.1) is 7.11 Å². The van der Waals surface area contributed by atoms with Gasteiger partial charge in [-0.1, -0.05) is 33.9 Å². The maximum Gasteiger partial charge on any atom is 0.347 e. The van der Waals surface area contributed by atoms with E-state index in [0.29, 0.717) is 37.0 Å². The molecule has 0 bridgehead atoms. The zero-order valence-corrected chi connectivity index (χ0v) is 16.0. The Kier molecular flexibility index (Phi) is 5.96. The molecule has 136 valence electrons. The summed E-state index contributed by atoms with van der Waals surface area (Å²) in [4.78, 5) is 17.3. The molecule has 1 saturated carbocycles. The lowest BCUT2D eigenvalue weighted by Gasteiger charge is -2.20. The van der Waals surface area contributed by atoms with Gasteiger partial charge in [0, 0.05) is 16.6 Å². The second-order valence-electron chi connectivity index (χ2n) is 6.17. The normalized spacial score (nSPS) is 20.6. The van der Waals surface area contributed by atoms with Crippen LogP contribution in [0.5, 0.6) is 5.75 Å². The van der Waals surface area contributed by atoms with Crippen LogP contribution >= 0.6 is 15.9 Å². The summed E-state index contributed by atoms with van der Waals surface area (Å²) >= 11 is 3.48. The lowest BCUT2D eigenvalue weighted by molar-refractivity contribution is -0.149. The molecule has 1 heterocycles. The minimum Gasteiger partial charge on any atom is -0.478 e. The monoisotopic (exact) mass is 411 g/mol. The molecule has 3 rings (SSSR count). The third kappa shape index (κ3) is 4.52. The van der Waals surface area contributed by atoms with Gasteiger partial charge in [0.2, 0.25) is 0 Å². The van der Waals surface area contributed by atoms with E-state index in [1.165, 1.54) is 7.11 Å². The van der Waals surface area contributed by atoms with Crippen LogP contribution in [0.3, 0.4) is 0 Å². The van der Waals surface area contributed by atoms with Crippen LogP contribution in [0, 0.1) is 5.92 Å². The number of hydrogen-bond donors (Lipinski definition) is 0. The van der Waals surface area contributed by atoms with Crippen molar-refractivity contribution in [3.05, 3.63) is 28.2 Å². The molecule has 0 saturated heterocycles. The van der Waals surface area contributed by atoms with Crippen molar-refractivity contribution >= 4 is 27.6 Å². The summed E-state index contributed by atoms with van der Waals surface area (Å²) in [5, 5.41) is 4.13. The van der Waals surface area contributed by atoms with Crippen LogP contribution in [-0.2, 0) is 19.1 Å². The molecule has 2 unspecified atom stereocenters. The van der Waals surface area contributed by atoms with Crippen molar-refractivity contribution in [1.82, 2.24) is 0 Å². The topological polar surface area (TPSA) is 66.3 Å². The maximum absolute atomic E-state index is 12.1. The summed E-state index contributed by atoms with van der Waals surface area (Å²) in [6.45, 7) is 2.86. The molecule has 0 N–H and O–H groups in total. The molecular weight excluding hydrogens is 390 g/mol. The zero-order chi connectivity index (χ0) is 17.8. The molecule has 1 aliphatic heterocycles. The van der Waals surface area contributed by atoms with Gasteiger partial charge in [-0.25, -0.2) is 4.79 Å². The van der Waals surface area contributed by atoms with E-state index in [4.69, 9.17) is 19.0 Å². The van der Waals surface area contributed by atoms with E-state index in [0.717, 1.165) is 22.9 Å². The van der Waals surface area contributed by atoms with E-state index >= 15 is 0 Å². The van der Waals surface area contributed by atoms with Gasteiger partial charge in [-0.15, -0.1) is 0 Å². The summed E-state index contributed by atoms with van der Waals surface area (Å²) in [6.07, 6.45) is 2.07. The number of carbonyl (C=O) groups is 1. The Morgan fingerprint density at radius 2 is 2.24 bits per heavy atom. The number of esters is 1. The Balaban J connectivity index is 1.86. The fourth-order valence-electron chi connectivity index (χ4n) is 2.80. The van der Waals surface area contributed by atoms with Gasteiger partial charge in [-0.05, 0) is 37.5 Å². The van der Waals surface area contributed by atoms with E-state index < -0.39 is 6.10 Å². The molecule has 7 heteroatoms. The highest BCUT2D eigenvalue weighted by molar-refractivity contribution is 9.10. The van der Waals surface area contributed by atoms with Crippen LogP contribution in [0.1, 0.15) is 31.7 Å². The number of ether oxygens (including phenoxy) is 3. The summed E-state index contributed by atoms with van der Waals surface area (Å²) in [5.74, 6) is 0.756. The van der Waals surface area contributed by atoms with Crippen molar-refractivity contribution in [2.45, 2.75) is 38.4 Å². The summed E-state index contributed by atoms with van der Waals surface area (Å²) in [7, 11) is 1.38. The number of benzene rings is 1. The van der Waals surface area contributed by atoms with Crippen LogP contribution < -0.4 is 4.74 Å². The SMILES string of the molecule is CCOC1CON=C1c1cc(Br)ccc1OC(CC1CC1)C(=O)OC. The summed E-state index contributed by atoms with van der Waals surface area (Å²) < 4.78 is 17.5. The van der Waals surface area contributed by atoms with Gasteiger partial charge in [0.15, 0.2) is 6.10 Å². The van der Waals surface area contributed by atoms with E-state index in [9.17, 15) is 4.79 Å². The first-order valence-electron chi connectivity index (χ1n) is 8.48. The highest BCUT2D eigenvalue weighted by atomic mass is 79.9. The van der Waals surface area contributed by atoms with Crippen LogP contribution in [0.4, 0.5) is 0 Å². The fraction of sp³-hybridized carbons (Fsp3) is 0.556. The number of hydrogen-bond acceptors (Lipinski definition) is 6. The summed E-state index contributed by atoms with van der Waals surface area (Å²) in [5.41, 5.74) is 1.43. The number of carbonyl (C=O) groups excluding carboxylic acids is 1. The number of methoxy groups -OCH3 is 1. The van der Waals surface area contributed by atoms with Crippen LogP contribution in [0.2, 0.25) is 0 Å². The number of nitrogens with zero attached hydrogens (tertiary/aromatic N) is 1. The minimum atomic E-state index is -0.620. The standard InChI is InChI=1S/C18H22BrNO5/c1-3-23-16-10-24-20-17(16)13-9-12(19)6-7-14(13)25-15(18(21)22-2)8-11-4-5-11/h6-7,9,11,15-16H,3-5,8,10H2,1-2H3. The van der Waals surface area contributed by atoms with Crippen LogP contribution in [0.15, 0.2) is 27.8 Å². The largest absolute Gasteiger partial charge is 0.478 e. The molecule has 0 spiro atoms. The number of rotatable bonds is 8. The van der Waals surface area contributed by atoms with Gasteiger partial charge in [0.1, 0.15) is 24.2 Å². The Morgan fingerprint density at radius 3 is 2.92 bits per heavy atom. The smallest absolute Gasteiger partial charge is 0.347 e. The van der Waals surface area contributed by atoms with Gasteiger partial charge in [-0.2, -0.15) is 0 Å². The Bertz CT molecular complexity index is 659. The lowest BCUT2D eigenvalue weighted by atomic mass is 10.0. The highest BCUT2D eigenvalue weighted by Gasteiger charge is 2.33. The molecule has 25 heavy (non-hydrogen) atoms. The summed E-state index contributed by atoms with van der Waals surface area (Å²) in [6, 6.07) is 5.60. The molecule has 0 amide bonds. The molecule has 2 atom stereocenters. The van der Waals surface area contributed by atoms with Crippen molar-refractivity contribution < 1.29 is 23.8 Å². The fourth-order valence-corrected chi connectivity index (χ4v) is 3.16. The van der Waals surface area contributed by atoms with E-state index in [1.54, 1.807) is 0 Å². The predicted octanol–water partition coefficient (Wildman–Crippen LogP) is 3.31. The predicted molar refractivity (Wildman–Crippen MR) is 95.8 cm³/mol. The Labute approximate surface area is 155 Å². The molecule has 1 aromatic carbocycles. The third-order valence-corrected chi connectivity index (χ3v) is 4.75. The van der Waals surface area contributed by atoms with E-state index in [1.807, 2.05) is 25.1 Å². The molecule has 6 nitrogen and oxygen atoms in total. The number of oxime groups is 1. The average molecular weight is 412 g/mol. The average Bonchev–Trinajstić information content (AvgIpc) is 3.31. The van der Waals surface area contributed by atoms with Gasteiger partial charge in [0.25, 0.3) is 0 Å². The second-order valence-corrected chi connectivity index (χ2v) is 7.08.